The lowest BCUT2D eigenvalue weighted by Crippen LogP contribution is -2.45. The summed E-state index contributed by atoms with van der Waals surface area (Å²) >= 11 is 0. The van der Waals surface area contributed by atoms with Gasteiger partial charge in [-0.05, 0) is 42.9 Å². The van der Waals surface area contributed by atoms with Crippen molar-refractivity contribution in [3.8, 4) is 0 Å². The highest BCUT2D eigenvalue weighted by Gasteiger charge is 2.64. The number of hydrogen-bond acceptors (Lipinski definition) is 3. The van der Waals surface area contributed by atoms with E-state index in [1.165, 1.54) is 0 Å². The average Bonchev–Trinajstić information content (AvgIpc) is 2.76. The minimum atomic E-state index is -3.11. The average molecular weight is 331 g/mol. The van der Waals surface area contributed by atoms with Crippen molar-refractivity contribution in [3.05, 3.63) is 0 Å². The highest BCUT2D eigenvalue weighted by Crippen LogP contribution is 2.66. The molecular weight excluding hydrogens is 296 g/mol. The molecule has 0 spiro atoms. The maximum atomic E-state index is 12.8. The second-order valence-electron chi connectivity index (χ2n) is 8.34. The van der Waals surface area contributed by atoms with E-state index in [4.69, 9.17) is 0 Å². The van der Waals surface area contributed by atoms with E-state index in [1.54, 1.807) is 0 Å². The minimum Gasteiger partial charge on any atom is -0.392 e. The molecule has 3 nitrogen and oxygen atoms in total. The van der Waals surface area contributed by atoms with E-state index in [1.807, 2.05) is 0 Å². The molecule has 0 heterocycles. The van der Waals surface area contributed by atoms with Crippen molar-refractivity contribution in [1.29, 1.82) is 0 Å². The van der Waals surface area contributed by atoms with Crippen molar-refractivity contribution in [2.24, 2.45) is 22.7 Å². The fraction of sp³-hybridized carbons (Fsp3) is 1.00. The smallest absolute Gasteiger partial charge is 0.151 e. The Labute approximate surface area is 136 Å². The number of sulfone groups is 1. The molecule has 4 unspecified atom stereocenters. The highest BCUT2D eigenvalue weighted by atomic mass is 32.2. The summed E-state index contributed by atoms with van der Waals surface area (Å²) in [5.41, 5.74) is -0.454. The van der Waals surface area contributed by atoms with Crippen molar-refractivity contribution < 1.29 is 13.5 Å². The van der Waals surface area contributed by atoms with Gasteiger partial charge in [0, 0.05) is 5.41 Å². The highest BCUT2D eigenvalue weighted by molar-refractivity contribution is 7.91. The molecule has 22 heavy (non-hydrogen) atoms. The molecule has 2 aliphatic carbocycles. The van der Waals surface area contributed by atoms with Crippen LogP contribution < -0.4 is 0 Å². The summed E-state index contributed by atoms with van der Waals surface area (Å²) in [5.74, 6) is 1.26. The van der Waals surface area contributed by atoms with Crippen LogP contribution in [-0.2, 0) is 9.84 Å². The number of aliphatic hydroxyl groups is 1. The molecule has 2 fully saturated rings. The first-order valence-electron chi connectivity index (χ1n) is 9.07. The summed E-state index contributed by atoms with van der Waals surface area (Å²) in [5, 5.41) is 10.5. The molecule has 0 amide bonds. The number of hydrogen-bond donors (Lipinski definition) is 1. The van der Waals surface area contributed by atoms with Crippen LogP contribution in [0, 0.1) is 22.7 Å². The van der Waals surface area contributed by atoms with Crippen LogP contribution in [0.4, 0.5) is 0 Å². The number of fused-ring (bicyclic) bond motifs is 2. The second kappa shape index (κ2) is 6.43. The summed E-state index contributed by atoms with van der Waals surface area (Å²) in [4.78, 5) is 0. The van der Waals surface area contributed by atoms with Crippen LogP contribution in [0.5, 0.6) is 0 Å². The van der Waals surface area contributed by atoms with E-state index < -0.39 is 21.4 Å². The fourth-order valence-electron chi connectivity index (χ4n) is 5.09. The van der Waals surface area contributed by atoms with E-state index in [0.717, 1.165) is 44.9 Å². The molecule has 0 saturated heterocycles. The van der Waals surface area contributed by atoms with E-state index >= 15 is 0 Å². The van der Waals surface area contributed by atoms with Crippen LogP contribution in [0.15, 0.2) is 0 Å². The molecule has 4 heteroatoms. The van der Waals surface area contributed by atoms with Crippen molar-refractivity contribution in [2.75, 3.05) is 11.5 Å². The largest absolute Gasteiger partial charge is 0.392 e. The Morgan fingerprint density at radius 1 is 1.27 bits per heavy atom. The summed E-state index contributed by atoms with van der Waals surface area (Å²) in [6, 6.07) is 0. The van der Waals surface area contributed by atoms with Gasteiger partial charge in [-0.3, -0.25) is 0 Å². The van der Waals surface area contributed by atoms with E-state index in [2.05, 4.69) is 27.7 Å². The SMILES string of the molecule is CCCCC(CC)CS(=O)(=O)CC12CCC(CC1O)C2(C)C. The van der Waals surface area contributed by atoms with Crippen LogP contribution in [0.1, 0.15) is 72.6 Å². The lowest BCUT2D eigenvalue weighted by atomic mass is 9.70. The van der Waals surface area contributed by atoms with Gasteiger partial charge in [-0.25, -0.2) is 8.42 Å². The molecule has 2 saturated carbocycles. The van der Waals surface area contributed by atoms with Gasteiger partial charge in [0.15, 0.2) is 9.84 Å². The first-order chi connectivity index (χ1) is 10.2. The molecule has 1 N–H and O–H groups in total. The van der Waals surface area contributed by atoms with Gasteiger partial charge in [0.1, 0.15) is 0 Å². The van der Waals surface area contributed by atoms with Crippen LogP contribution in [-0.4, -0.2) is 31.1 Å². The monoisotopic (exact) mass is 330 g/mol. The van der Waals surface area contributed by atoms with Gasteiger partial charge in [-0.2, -0.15) is 0 Å². The van der Waals surface area contributed by atoms with Gasteiger partial charge >= 0.3 is 0 Å². The van der Waals surface area contributed by atoms with Crippen molar-refractivity contribution in [1.82, 2.24) is 0 Å². The van der Waals surface area contributed by atoms with Crippen LogP contribution in [0.2, 0.25) is 0 Å². The van der Waals surface area contributed by atoms with E-state index in [-0.39, 0.29) is 17.1 Å². The maximum absolute atomic E-state index is 12.8. The Morgan fingerprint density at radius 3 is 2.41 bits per heavy atom. The third-order valence-electron chi connectivity index (χ3n) is 6.90. The third kappa shape index (κ3) is 3.10. The van der Waals surface area contributed by atoms with Gasteiger partial charge < -0.3 is 5.11 Å². The molecule has 0 radical (unpaired) electrons. The molecule has 0 aromatic heterocycles. The van der Waals surface area contributed by atoms with Crippen LogP contribution in [0.25, 0.3) is 0 Å². The molecule has 2 rings (SSSR count). The summed E-state index contributed by atoms with van der Waals surface area (Å²) in [6.07, 6.45) is 6.46. The van der Waals surface area contributed by atoms with Gasteiger partial charge in [-0.15, -0.1) is 0 Å². The first-order valence-corrected chi connectivity index (χ1v) is 10.9. The standard InChI is InChI=1S/C18H34O3S/c1-5-7-8-14(6-2)12-22(20,21)13-18-10-9-15(11-16(18)19)17(18,3)4/h14-16,19H,5-13H2,1-4H3. The normalized spacial score (nSPS) is 35.0. The zero-order chi connectivity index (χ0) is 16.6. The van der Waals surface area contributed by atoms with Gasteiger partial charge in [0.25, 0.3) is 0 Å². The lowest BCUT2D eigenvalue weighted by Gasteiger charge is -2.40. The Hall–Kier alpha value is -0.0900. The van der Waals surface area contributed by atoms with Crippen molar-refractivity contribution >= 4 is 9.84 Å². The number of rotatable bonds is 8. The van der Waals surface area contributed by atoms with Crippen molar-refractivity contribution in [3.63, 3.8) is 0 Å². The lowest BCUT2D eigenvalue weighted by molar-refractivity contribution is 0.0153. The second-order valence-corrected chi connectivity index (χ2v) is 10.4. The Bertz CT molecular complexity index is 483. The maximum Gasteiger partial charge on any atom is 0.151 e. The van der Waals surface area contributed by atoms with E-state index in [0.29, 0.717) is 11.7 Å². The zero-order valence-electron chi connectivity index (χ0n) is 14.8. The molecular formula is C18H34O3S. The predicted octanol–water partition coefficient (Wildman–Crippen LogP) is 3.80. The van der Waals surface area contributed by atoms with Crippen LogP contribution >= 0.6 is 0 Å². The van der Waals surface area contributed by atoms with Crippen molar-refractivity contribution in [2.45, 2.75) is 78.7 Å². The summed E-state index contributed by atoms with van der Waals surface area (Å²) < 4.78 is 25.6. The molecule has 0 aromatic rings. The Balaban J connectivity index is 2.11. The quantitative estimate of drug-likeness (QED) is 0.736. The van der Waals surface area contributed by atoms with E-state index in [9.17, 15) is 13.5 Å². The number of aliphatic hydroxyl groups excluding tert-OH is 1. The minimum absolute atomic E-state index is 0.0510. The molecule has 130 valence electrons. The first kappa shape index (κ1) is 18.3. The molecule has 2 aliphatic rings. The van der Waals surface area contributed by atoms with Gasteiger partial charge in [-0.1, -0.05) is 47.0 Å². The van der Waals surface area contributed by atoms with Crippen LogP contribution in [0.3, 0.4) is 0 Å². The Kier molecular flexibility index (Phi) is 5.33. The molecule has 2 bridgehead atoms. The molecule has 0 aromatic carbocycles. The zero-order valence-corrected chi connectivity index (χ0v) is 15.6. The molecule has 0 aliphatic heterocycles. The number of unbranched alkanes of at least 4 members (excludes halogenated alkanes) is 1. The summed E-state index contributed by atoms with van der Waals surface area (Å²) in [6.45, 7) is 8.58. The fourth-order valence-corrected chi connectivity index (χ4v) is 7.82. The predicted molar refractivity (Wildman–Crippen MR) is 91.5 cm³/mol. The van der Waals surface area contributed by atoms with Gasteiger partial charge in [0.05, 0.1) is 17.6 Å². The summed E-state index contributed by atoms with van der Waals surface area (Å²) in [7, 11) is -3.11. The topological polar surface area (TPSA) is 54.4 Å². The third-order valence-corrected chi connectivity index (χ3v) is 8.83. The Morgan fingerprint density at radius 2 is 1.95 bits per heavy atom. The van der Waals surface area contributed by atoms with Gasteiger partial charge in [0.2, 0.25) is 0 Å². The molecule has 4 atom stereocenters.